The van der Waals surface area contributed by atoms with Crippen LogP contribution in [0.3, 0.4) is 0 Å². The fourth-order valence-corrected chi connectivity index (χ4v) is 4.37. The molecule has 4 rings (SSSR count). The monoisotopic (exact) mass is 526 g/mol. The number of benzene rings is 1. The molecule has 35 heavy (non-hydrogen) atoms. The van der Waals surface area contributed by atoms with Crippen molar-refractivity contribution in [3.8, 4) is 5.75 Å². The molecular weight excluding hydrogens is 505 g/mol. The molecule has 0 radical (unpaired) electrons. The maximum absolute atomic E-state index is 13.0. The van der Waals surface area contributed by atoms with Crippen LogP contribution in [0.2, 0.25) is 5.02 Å². The Morgan fingerprint density at radius 1 is 1.26 bits per heavy atom. The zero-order valence-corrected chi connectivity index (χ0v) is 20.4. The molecule has 1 aliphatic rings. The summed E-state index contributed by atoms with van der Waals surface area (Å²) >= 11 is 5.88. The van der Waals surface area contributed by atoms with Gasteiger partial charge in [0.05, 0.1) is 42.9 Å². The van der Waals surface area contributed by atoms with Gasteiger partial charge in [0.15, 0.2) is 0 Å². The highest BCUT2D eigenvalue weighted by Gasteiger charge is 2.33. The number of aromatic nitrogens is 2. The number of fused-ring (bicyclic) bond motifs is 1. The van der Waals surface area contributed by atoms with E-state index in [0.717, 1.165) is 16.2 Å². The SMILES string of the molecule is CCc1nc2ccc(Cl)cn2c1C(=O)NCc1ccc(N2CCN(SC(F)(F)F)C=N2)c(OC)c1. The zero-order chi connectivity index (χ0) is 25.2. The lowest BCUT2D eigenvalue weighted by molar-refractivity contribution is -0.0351. The van der Waals surface area contributed by atoms with Crippen molar-refractivity contribution in [3.63, 3.8) is 0 Å². The molecule has 0 bridgehead atoms. The molecule has 8 nitrogen and oxygen atoms in total. The van der Waals surface area contributed by atoms with Gasteiger partial charge in [-0.3, -0.25) is 18.5 Å². The van der Waals surface area contributed by atoms with Crippen molar-refractivity contribution in [2.24, 2.45) is 5.10 Å². The van der Waals surface area contributed by atoms with Crippen molar-refractivity contribution in [2.75, 3.05) is 25.2 Å². The summed E-state index contributed by atoms with van der Waals surface area (Å²) in [6.45, 7) is 2.54. The van der Waals surface area contributed by atoms with E-state index in [9.17, 15) is 18.0 Å². The number of amides is 1. The summed E-state index contributed by atoms with van der Waals surface area (Å²) in [5.74, 6) is 0.198. The molecule has 0 aliphatic carbocycles. The van der Waals surface area contributed by atoms with Crippen molar-refractivity contribution in [3.05, 3.63) is 58.5 Å². The molecule has 1 aromatic carbocycles. The Labute approximate surface area is 208 Å². The fourth-order valence-electron chi connectivity index (χ4n) is 3.68. The van der Waals surface area contributed by atoms with Crippen LogP contribution in [0.1, 0.15) is 28.7 Å². The fraction of sp³-hybridized carbons (Fsp3) is 0.318. The second-order valence-electron chi connectivity index (χ2n) is 7.56. The first kappa shape index (κ1) is 25.0. The number of pyridine rings is 1. The van der Waals surface area contributed by atoms with Gasteiger partial charge in [-0.15, -0.1) is 0 Å². The van der Waals surface area contributed by atoms with Gasteiger partial charge in [-0.05, 0) is 36.2 Å². The van der Waals surface area contributed by atoms with Gasteiger partial charge in [-0.25, -0.2) is 4.98 Å². The molecule has 0 fully saturated rings. The first-order chi connectivity index (χ1) is 16.7. The first-order valence-corrected chi connectivity index (χ1v) is 11.8. The van der Waals surface area contributed by atoms with Crippen molar-refractivity contribution in [2.45, 2.75) is 25.4 Å². The quantitative estimate of drug-likeness (QED) is 0.449. The molecule has 1 amide bonds. The smallest absolute Gasteiger partial charge is 0.461 e. The molecule has 2 aromatic heterocycles. The standard InChI is InChI=1S/C22H22ClF3N6O2S/c1-3-16-20(31-12-15(23)5-7-19(31)29-16)21(33)27-11-14-4-6-17(18(10-14)34-2)32-9-8-30(13-28-32)35-22(24,25)26/h4-7,10,12-13H,3,8-9,11H2,1-2H3,(H,27,33). The lowest BCUT2D eigenvalue weighted by Crippen LogP contribution is -2.36. The highest BCUT2D eigenvalue weighted by molar-refractivity contribution is 7.98. The van der Waals surface area contributed by atoms with Gasteiger partial charge < -0.3 is 10.1 Å². The highest BCUT2D eigenvalue weighted by atomic mass is 35.5. The number of hydrogen-bond donors (Lipinski definition) is 1. The molecule has 13 heteroatoms. The number of nitrogens with zero attached hydrogens (tertiary/aromatic N) is 5. The summed E-state index contributed by atoms with van der Waals surface area (Å²) in [4.78, 5) is 17.5. The maximum atomic E-state index is 13.0. The number of hydrazone groups is 1. The molecular formula is C22H22ClF3N6O2S. The summed E-state index contributed by atoms with van der Waals surface area (Å²) in [7, 11) is 1.50. The third-order valence-electron chi connectivity index (χ3n) is 5.25. The minimum atomic E-state index is -4.37. The van der Waals surface area contributed by atoms with Gasteiger partial charge in [-0.2, -0.15) is 18.3 Å². The lowest BCUT2D eigenvalue weighted by Gasteiger charge is -2.30. The van der Waals surface area contributed by atoms with Gasteiger partial charge >= 0.3 is 5.51 Å². The van der Waals surface area contributed by atoms with Crippen LogP contribution in [0.25, 0.3) is 5.65 Å². The normalized spacial score (nSPS) is 14.0. The number of alkyl halides is 3. The predicted octanol–water partition coefficient (Wildman–Crippen LogP) is 4.72. The van der Waals surface area contributed by atoms with E-state index in [1.54, 1.807) is 45.9 Å². The van der Waals surface area contributed by atoms with Crippen LogP contribution in [0.4, 0.5) is 18.9 Å². The topological polar surface area (TPSA) is 74.5 Å². The van der Waals surface area contributed by atoms with E-state index in [2.05, 4.69) is 15.4 Å². The average molecular weight is 527 g/mol. The maximum Gasteiger partial charge on any atom is 0.461 e. The average Bonchev–Trinajstić information content (AvgIpc) is 3.19. The Bertz CT molecular complexity index is 1270. The van der Waals surface area contributed by atoms with Gasteiger partial charge in [0, 0.05) is 12.7 Å². The van der Waals surface area contributed by atoms with Crippen LogP contribution >= 0.6 is 23.5 Å². The molecule has 0 atom stereocenters. The largest absolute Gasteiger partial charge is 0.494 e. The number of hydrogen-bond acceptors (Lipinski definition) is 7. The Kier molecular flexibility index (Phi) is 7.31. The van der Waals surface area contributed by atoms with Crippen LogP contribution in [-0.4, -0.2) is 51.6 Å². The van der Waals surface area contributed by atoms with Crippen LogP contribution in [0, 0.1) is 0 Å². The molecule has 1 aliphatic heterocycles. The van der Waals surface area contributed by atoms with Gasteiger partial charge in [0.2, 0.25) is 0 Å². The summed E-state index contributed by atoms with van der Waals surface area (Å²) < 4.78 is 45.9. The highest BCUT2D eigenvalue weighted by Crippen LogP contribution is 2.35. The zero-order valence-electron chi connectivity index (χ0n) is 18.8. The second kappa shape index (κ2) is 10.2. The van der Waals surface area contributed by atoms with Crippen molar-refractivity contribution in [1.29, 1.82) is 0 Å². The van der Waals surface area contributed by atoms with Crippen molar-refractivity contribution in [1.82, 2.24) is 19.0 Å². The minimum absolute atomic E-state index is 0.137. The third kappa shape index (κ3) is 5.76. The first-order valence-electron chi connectivity index (χ1n) is 10.6. The van der Waals surface area contributed by atoms with Gasteiger partial charge in [0.25, 0.3) is 5.91 Å². The Morgan fingerprint density at radius 2 is 2.06 bits per heavy atom. The van der Waals surface area contributed by atoms with E-state index in [4.69, 9.17) is 16.3 Å². The minimum Gasteiger partial charge on any atom is -0.494 e. The Morgan fingerprint density at radius 3 is 2.71 bits per heavy atom. The number of aryl methyl sites for hydroxylation is 1. The number of imidazole rings is 1. The summed E-state index contributed by atoms with van der Waals surface area (Å²) in [5.41, 5.74) is -1.25. The molecule has 0 saturated heterocycles. The Balaban J connectivity index is 1.47. The molecule has 1 N–H and O–H groups in total. The van der Waals surface area contributed by atoms with Crippen LogP contribution < -0.4 is 15.1 Å². The molecule has 186 valence electrons. The van der Waals surface area contributed by atoms with Crippen LogP contribution in [0.5, 0.6) is 5.75 Å². The summed E-state index contributed by atoms with van der Waals surface area (Å²) in [6.07, 6.45) is 3.38. The van der Waals surface area contributed by atoms with E-state index in [0.29, 0.717) is 39.9 Å². The second-order valence-corrected chi connectivity index (χ2v) is 9.11. The lowest BCUT2D eigenvalue weighted by atomic mass is 10.1. The number of carbonyl (C=O) groups is 1. The number of halogens is 4. The number of ether oxygens (including phenoxy) is 1. The van der Waals surface area contributed by atoms with Crippen molar-refractivity contribution >= 4 is 47.1 Å². The number of rotatable bonds is 7. The Hall–Kier alpha value is -3.12. The van der Waals surface area contributed by atoms with Crippen LogP contribution in [0.15, 0.2) is 41.6 Å². The van der Waals surface area contributed by atoms with Gasteiger partial charge in [-0.1, -0.05) is 24.6 Å². The number of carbonyl (C=O) groups excluding carboxylic acids is 1. The van der Waals surface area contributed by atoms with E-state index in [1.165, 1.54) is 7.11 Å². The third-order valence-corrected chi connectivity index (χ3v) is 6.19. The molecule has 0 unspecified atom stereocenters. The van der Waals surface area contributed by atoms with E-state index in [1.807, 2.05) is 6.92 Å². The summed E-state index contributed by atoms with van der Waals surface area (Å²) in [5, 5.41) is 9.08. The molecule has 0 saturated carbocycles. The van der Waals surface area contributed by atoms with E-state index in [-0.39, 0.29) is 37.5 Å². The van der Waals surface area contributed by atoms with E-state index < -0.39 is 5.51 Å². The molecule has 3 aromatic rings. The predicted molar refractivity (Wildman–Crippen MR) is 130 cm³/mol. The number of nitrogens with one attached hydrogen (secondary N) is 1. The van der Waals surface area contributed by atoms with Crippen molar-refractivity contribution < 1.29 is 22.7 Å². The molecule has 3 heterocycles. The van der Waals surface area contributed by atoms with E-state index >= 15 is 0 Å². The summed E-state index contributed by atoms with van der Waals surface area (Å²) in [6, 6.07) is 8.80. The van der Waals surface area contributed by atoms with Gasteiger partial charge in [0.1, 0.15) is 29.1 Å². The number of anilines is 1. The molecule has 0 spiro atoms. The van der Waals surface area contributed by atoms with Crippen LogP contribution in [-0.2, 0) is 13.0 Å². The number of methoxy groups -OCH3 is 1.